The van der Waals surface area contributed by atoms with E-state index in [4.69, 9.17) is 4.74 Å². The van der Waals surface area contributed by atoms with Crippen molar-refractivity contribution in [3.05, 3.63) is 35.6 Å². The summed E-state index contributed by atoms with van der Waals surface area (Å²) in [6.45, 7) is 0.530. The molecule has 22 heavy (non-hydrogen) atoms. The van der Waals surface area contributed by atoms with E-state index in [9.17, 15) is 14.0 Å². The van der Waals surface area contributed by atoms with Crippen molar-refractivity contribution >= 4 is 11.8 Å². The molecule has 3 rings (SSSR count). The van der Waals surface area contributed by atoms with Gasteiger partial charge in [-0.05, 0) is 36.5 Å². The predicted octanol–water partition coefficient (Wildman–Crippen LogP) is 1.25. The highest BCUT2D eigenvalue weighted by Gasteiger charge is 2.40. The molecular formula is C16H19FN2O3. The Morgan fingerprint density at radius 1 is 1.36 bits per heavy atom. The molecule has 2 fully saturated rings. The van der Waals surface area contributed by atoms with E-state index in [1.54, 1.807) is 19.2 Å². The Labute approximate surface area is 128 Å². The van der Waals surface area contributed by atoms with Gasteiger partial charge in [-0.15, -0.1) is 0 Å². The topological polar surface area (TPSA) is 58.6 Å². The molecule has 1 saturated heterocycles. The summed E-state index contributed by atoms with van der Waals surface area (Å²) in [4.78, 5) is 25.8. The molecule has 1 saturated carbocycles. The smallest absolute Gasteiger partial charge is 0.251 e. The summed E-state index contributed by atoms with van der Waals surface area (Å²) in [6.07, 6.45) is 1.52. The van der Waals surface area contributed by atoms with E-state index in [1.165, 1.54) is 17.0 Å². The number of amides is 2. The van der Waals surface area contributed by atoms with Gasteiger partial charge in [0.15, 0.2) is 6.10 Å². The molecule has 2 unspecified atom stereocenters. The summed E-state index contributed by atoms with van der Waals surface area (Å²) in [5.74, 6) is -0.207. The Morgan fingerprint density at radius 2 is 2.05 bits per heavy atom. The molecule has 0 radical (unpaired) electrons. The zero-order valence-corrected chi connectivity index (χ0v) is 12.4. The van der Waals surface area contributed by atoms with Crippen molar-refractivity contribution in [3.8, 4) is 0 Å². The SMILES string of the molecule is CN1C(=O)COC(C(=O)NCC2CC2)C1c1ccc(F)cc1. The van der Waals surface area contributed by atoms with Gasteiger partial charge in [0.2, 0.25) is 5.91 Å². The Hall–Kier alpha value is -1.95. The number of nitrogens with zero attached hydrogens (tertiary/aromatic N) is 1. The van der Waals surface area contributed by atoms with Crippen molar-refractivity contribution in [1.82, 2.24) is 10.2 Å². The number of carbonyl (C=O) groups is 2. The molecule has 1 aromatic carbocycles. The van der Waals surface area contributed by atoms with Gasteiger partial charge >= 0.3 is 0 Å². The number of ether oxygens (including phenoxy) is 1. The van der Waals surface area contributed by atoms with E-state index in [-0.39, 0.29) is 24.2 Å². The van der Waals surface area contributed by atoms with Crippen LogP contribution in [-0.4, -0.2) is 43.0 Å². The van der Waals surface area contributed by atoms with Gasteiger partial charge in [0.1, 0.15) is 12.4 Å². The number of rotatable bonds is 4. The van der Waals surface area contributed by atoms with Crippen LogP contribution in [0.15, 0.2) is 24.3 Å². The summed E-state index contributed by atoms with van der Waals surface area (Å²) in [5.41, 5.74) is 0.684. The first kappa shape index (κ1) is 15.0. The molecule has 0 spiro atoms. The Bertz CT molecular complexity index is 571. The van der Waals surface area contributed by atoms with Gasteiger partial charge in [0.25, 0.3) is 5.91 Å². The molecule has 1 N–H and O–H groups in total. The van der Waals surface area contributed by atoms with E-state index in [0.29, 0.717) is 18.0 Å². The van der Waals surface area contributed by atoms with Crippen LogP contribution in [0.3, 0.4) is 0 Å². The van der Waals surface area contributed by atoms with Crippen LogP contribution in [0.2, 0.25) is 0 Å². The van der Waals surface area contributed by atoms with Crippen LogP contribution in [0.1, 0.15) is 24.4 Å². The van der Waals surface area contributed by atoms with Crippen LogP contribution in [0.25, 0.3) is 0 Å². The van der Waals surface area contributed by atoms with Gasteiger partial charge in [0.05, 0.1) is 6.04 Å². The average molecular weight is 306 g/mol. The lowest BCUT2D eigenvalue weighted by Crippen LogP contribution is -2.53. The van der Waals surface area contributed by atoms with Crippen molar-refractivity contribution in [2.45, 2.75) is 25.0 Å². The first-order valence-electron chi connectivity index (χ1n) is 7.46. The largest absolute Gasteiger partial charge is 0.356 e. The number of halogens is 1. The van der Waals surface area contributed by atoms with Gasteiger partial charge in [0, 0.05) is 13.6 Å². The molecule has 1 aromatic rings. The minimum Gasteiger partial charge on any atom is -0.356 e. The molecule has 6 heteroatoms. The van der Waals surface area contributed by atoms with Crippen LogP contribution in [0, 0.1) is 11.7 Å². The maximum absolute atomic E-state index is 13.1. The Balaban J connectivity index is 1.80. The normalized spacial score (nSPS) is 25.2. The monoisotopic (exact) mass is 306 g/mol. The van der Waals surface area contributed by atoms with Crippen molar-refractivity contribution in [2.75, 3.05) is 20.2 Å². The lowest BCUT2D eigenvalue weighted by Gasteiger charge is -2.38. The third-order valence-corrected chi connectivity index (χ3v) is 4.22. The molecule has 2 amide bonds. The molecule has 1 heterocycles. The van der Waals surface area contributed by atoms with Gasteiger partial charge in [-0.3, -0.25) is 9.59 Å². The zero-order chi connectivity index (χ0) is 15.7. The minimum atomic E-state index is -0.771. The Kier molecular flexibility index (Phi) is 4.11. The van der Waals surface area contributed by atoms with Gasteiger partial charge in [-0.2, -0.15) is 0 Å². The Morgan fingerprint density at radius 3 is 2.68 bits per heavy atom. The van der Waals surface area contributed by atoms with E-state index < -0.39 is 12.1 Å². The van der Waals surface area contributed by atoms with Gasteiger partial charge in [-0.1, -0.05) is 12.1 Å². The van der Waals surface area contributed by atoms with Crippen LogP contribution in [0.5, 0.6) is 0 Å². The summed E-state index contributed by atoms with van der Waals surface area (Å²) >= 11 is 0. The fraction of sp³-hybridized carbons (Fsp3) is 0.500. The second-order valence-corrected chi connectivity index (χ2v) is 5.92. The van der Waals surface area contributed by atoms with Crippen LogP contribution >= 0.6 is 0 Å². The van der Waals surface area contributed by atoms with E-state index in [0.717, 1.165) is 12.8 Å². The number of morpholine rings is 1. The number of hydrogen-bond acceptors (Lipinski definition) is 3. The summed E-state index contributed by atoms with van der Waals surface area (Å²) in [6, 6.07) is 5.27. The van der Waals surface area contributed by atoms with Crippen LogP contribution in [-0.2, 0) is 14.3 Å². The number of carbonyl (C=O) groups excluding carboxylic acids is 2. The first-order chi connectivity index (χ1) is 10.6. The van der Waals surface area contributed by atoms with Crippen molar-refractivity contribution in [2.24, 2.45) is 5.92 Å². The number of likely N-dealkylation sites (N-methyl/N-ethyl adjacent to an activating group) is 1. The standard InChI is InChI=1S/C16H19FN2O3/c1-19-13(20)9-22-15(16(21)18-8-10-2-3-10)14(19)11-4-6-12(17)7-5-11/h4-7,10,14-15H,2-3,8-9H2,1H3,(H,18,21). The fourth-order valence-electron chi connectivity index (χ4n) is 2.66. The van der Waals surface area contributed by atoms with E-state index in [2.05, 4.69) is 5.32 Å². The summed E-state index contributed by atoms with van der Waals surface area (Å²) < 4.78 is 18.6. The average Bonchev–Trinajstić information content (AvgIpc) is 3.33. The lowest BCUT2D eigenvalue weighted by molar-refractivity contribution is -0.162. The number of hydrogen-bond donors (Lipinski definition) is 1. The highest BCUT2D eigenvalue weighted by atomic mass is 19.1. The number of nitrogens with one attached hydrogen (secondary N) is 1. The molecule has 2 aliphatic rings. The number of benzene rings is 1. The molecule has 5 nitrogen and oxygen atoms in total. The fourth-order valence-corrected chi connectivity index (χ4v) is 2.66. The van der Waals surface area contributed by atoms with Gasteiger partial charge < -0.3 is 15.0 Å². The molecule has 1 aliphatic carbocycles. The van der Waals surface area contributed by atoms with Crippen molar-refractivity contribution < 1.29 is 18.7 Å². The molecule has 0 aromatic heterocycles. The third kappa shape index (κ3) is 3.11. The van der Waals surface area contributed by atoms with Crippen molar-refractivity contribution in [3.63, 3.8) is 0 Å². The van der Waals surface area contributed by atoms with Crippen molar-refractivity contribution in [1.29, 1.82) is 0 Å². The highest BCUT2D eigenvalue weighted by molar-refractivity contribution is 5.86. The van der Waals surface area contributed by atoms with Crippen LogP contribution < -0.4 is 5.32 Å². The van der Waals surface area contributed by atoms with Crippen LogP contribution in [0.4, 0.5) is 4.39 Å². The predicted molar refractivity (Wildman–Crippen MR) is 77.4 cm³/mol. The maximum Gasteiger partial charge on any atom is 0.251 e. The second-order valence-electron chi connectivity index (χ2n) is 5.92. The third-order valence-electron chi connectivity index (χ3n) is 4.22. The lowest BCUT2D eigenvalue weighted by atomic mass is 9.97. The van der Waals surface area contributed by atoms with E-state index in [1.807, 2.05) is 0 Å². The first-order valence-corrected chi connectivity index (χ1v) is 7.46. The summed E-state index contributed by atoms with van der Waals surface area (Å²) in [7, 11) is 1.64. The molecule has 1 aliphatic heterocycles. The van der Waals surface area contributed by atoms with E-state index >= 15 is 0 Å². The zero-order valence-electron chi connectivity index (χ0n) is 12.4. The molecule has 0 bridgehead atoms. The quantitative estimate of drug-likeness (QED) is 0.911. The highest BCUT2D eigenvalue weighted by Crippen LogP contribution is 2.30. The molecule has 2 atom stereocenters. The van der Waals surface area contributed by atoms with Gasteiger partial charge in [-0.25, -0.2) is 4.39 Å². The maximum atomic E-state index is 13.1. The summed E-state index contributed by atoms with van der Waals surface area (Å²) in [5, 5.41) is 2.88. The minimum absolute atomic E-state index is 0.115. The second kappa shape index (κ2) is 6.04. The molecular weight excluding hydrogens is 287 g/mol. The molecule has 118 valence electrons.